The molecule has 140 valence electrons. The summed E-state index contributed by atoms with van der Waals surface area (Å²) in [7, 11) is 0. The molecule has 2 aliphatic rings. The van der Waals surface area contributed by atoms with Crippen LogP contribution in [0.3, 0.4) is 0 Å². The fourth-order valence-electron chi connectivity index (χ4n) is 4.47. The van der Waals surface area contributed by atoms with Crippen molar-refractivity contribution in [3.63, 3.8) is 0 Å². The summed E-state index contributed by atoms with van der Waals surface area (Å²) in [5.41, 5.74) is 0. The lowest BCUT2D eigenvalue weighted by Gasteiger charge is -2.42. The van der Waals surface area contributed by atoms with Gasteiger partial charge in [0.25, 0.3) is 0 Å². The molecule has 0 radical (unpaired) electrons. The molecule has 25 heavy (non-hydrogen) atoms. The van der Waals surface area contributed by atoms with Gasteiger partial charge in [0.2, 0.25) is 0 Å². The Morgan fingerprint density at radius 3 is 2.08 bits per heavy atom. The third-order valence-corrected chi connectivity index (χ3v) is 6.43. The van der Waals surface area contributed by atoms with E-state index in [0.29, 0.717) is 18.7 Å². The van der Waals surface area contributed by atoms with Gasteiger partial charge >= 0.3 is 0 Å². The lowest BCUT2D eigenvalue weighted by molar-refractivity contribution is 0.0116. The fourth-order valence-corrected chi connectivity index (χ4v) is 4.86. The van der Waals surface area contributed by atoms with Gasteiger partial charge in [0.05, 0.1) is 4.47 Å². The van der Waals surface area contributed by atoms with Gasteiger partial charge < -0.3 is 9.84 Å². The molecule has 1 atom stereocenters. The van der Waals surface area contributed by atoms with Gasteiger partial charge in [-0.2, -0.15) is 0 Å². The number of aliphatic hydroxyl groups excluding tert-OH is 1. The van der Waals surface area contributed by atoms with Gasteiger partial charge in [-0.1, -0.05) is 50.7 Å². The van der Waals surface area contributed by atoms with E-state index >= 15 is 0 Å². The van der Waals surface area contributed by atoms with Crippen molar-refractivity contribution in [2.45, 2.75) is 82.4 Å². The van der Waals surface area contributed by atoms with Crippen molar-refractivity contribution in [3.8, 4) is 5.75 Å². The third-order valence-electron chi connectivity index (χ3n) is 5.78. The number of halogens is 1. The van der Waals surface area contributed by atoms with Crippen molar-refractivity contribution in [2.24, 2.45) is 0 Å². The molecule has 0 aliphatic heterocycles. The Balaban J connectivity index is 1.57. The van der Waals surface area contributed by atoms with Crippen LogP contribution in [0.25, 0.3) is 0 Å². The molecule has 0 heterocycles. The summed E-state index contributed by atoms with van der Waals surface area (Å²) in [6.45, 7) is 1.11. The normalized spacial score (nSPS) is 21.4. The molecule has 2 fully saturated rings. The quantitative estimate of drug-likeness (QED) is 0.674. The molecule has 4 heteroatoms. The predicted octanol–water partition coefficient (Wildman–Crippen LogP) is 5.16. The molecule has 0 spiro atoms. The number of hydrogen-bond acceptors (Lipinski definition) is 3. The smallest absolute Gasteiger partial charge is 0.133 e. The summed E-state index contributed by atoms with van der Waals surface area (Å²) in [5.74, 6) is 0.809. The first-order valence-electron chi connectivity index (χ1n) is 10.0. The van der Waals surface area contributed by atoms with Crippen molar-refractivity contribution < 1.29 is 9.84 Å². The standard InChI is InChI=1S/C21H32BrNO2/c22-20-13-7-8-14-21(20)25-16-19(24)15-23(17-9-3-1-4-10-17)18-11-5-2-6-12-18/h7-8,13-14,17-19,24H,1-6,9-12,15-16H2/t19-/m1/s1. The summed E-state index contributed by atoms with van der Waals surface area (Å²) in [5, 5.41) is 10.7. The van der Waals surface area contributed by atoms with Crippen LogP contribution in [0.1, 0.15) is 64.2 Å². The SMILES string of the molecule is O[C@@H](COc1ccccc1Br)CN(C1CCCCC1)C1CCCCC1. The first kappa shape index (κ1) is 19.2. The van der Waals surface area contributed by atoms with E-state index in [2.05, 4.69) is 20.8 Å². The van der Waals surface area contributed by atoms with Crippen molar-refractivity contribution in [1.29, 1.82) is 0 Å². The van der Waals surface area contributed by atoms with Crippen LogP contribution in [0.5, 0.6) is 5.75 Å². The zero-order valence-corrected chi connectivity index (χ0v) is 16.8. The average molecular weight is 410 g/mol. The molecular formula is C21H32BrNO2. The second-order valence-electron chi connectivity index (χ2n) is 7.68. The summed E-state index contributed by atoms with van der Waals surface area (Å²) >= 11 is 3.51. The average Bonchev–Trinajstić information content (AvgIpc) is 2.67. The van der Waals surface area contributed by atoms with Gasteiger partial charge in [-0.05, 0) is 53.7 Å². The van der Waals surface area contributed by atoms with Gasteiger partial charge in [-0.15, -0.1) is 0 Å². The van der Waals surface area contributed by atoms with Crippen LogP contribution >= 0.6 is 15.9 Å². The van der Waals surface area contributed by atoms with Gasteiger partial charge in [-0.3, -0.25) is 4.90 Å². The Hall–Kier alpha value is -0.580. The maximum absolute atomic E-state index is 10.7. The molecule has 2 aliphatic carbocycles. The Labute approximate surface area is 160 Å². The van der Waals surface area contributed by atoms with E-state index in [4.69, 9.17) is 4.74 Å². The molecule has 3 nitrogen and oxygen atoms in total. The number of para-hydroxylation sites is 1. The van der Waals surface area contributed by atoms with E-state index in [1.54, 1.807) is 0 Å². The summed E-state index contributed by atoms with van der Waals surface area (Å²) in [4.78, 5) is 2.65. The van der Waals surface area contributed by atoms with E-state index in [-0.39, 0.29) is 0 Å². The molecule has 0 unspecified atom stereocenters. The topological polar surface area (TPSA) is 32.7 Å². The van der Waals surface area contributed by atoms with E-state index in [1.807, 2.05) is 24.3 Å². The second kappa shape index (κ2) is 9.94. The lowest BCUT2D eigenvalue weighted by atomic mass is 9.88. The van der Waals surface area contributed by atoms with E-state index in [9.17, 15) is 5.11 Å². The van der Waals surface area contributed by atoms with Crippen LogP contribution < -0.4 is 4.74 Å². The molecule has 0 amide bonds. The van der Waals surface area contributed by atoms with Crippen LogP contribution in [-0.4, -0.2) is 41.3 Å². The number of hydrogen-bond donors (Lipinski definition) is 1. The highest BCUT2D eigenvalue weighted by Gasteiger charge is 2.30. The molecule has 3 rings (SSSR count). The zero-order chi connectivity index (χ0) is 17.5. The fraction of sp³-hybridized carbons (Fsp3) is 0.714. The van der Waals surface area contributed by atoms with E-state index < -0.39 is 6.10 Å². The monoisotopic (exact) mass is 409 g/mol. The van der Waals surface area contributed by atoms with E-state index in [1.165, 1.54) is 64.2 Å². The van der Waals surface area contributed by atoms with Crippen LogP contribution in [-0.2, 0) is 0 Å². The molecular weight excluding hydrogens is 378 g/mol. The van der Waals surface area contributed by atoms with Crippen LogP contribution in [0, 0.1) is 0 Å². The molecule has 1 aromatic rings. The van der Waals surface area contributed by atoms with Crippen LogP contribution in [0.2, 0.25) is 0 Å². The highest BCUT2D eigenvalue weighted by atomic mass is 79.9. The molecule has 1 aromatic carbocycles. The van der Waals surface area contributed by atoms with Crippen LogP contribution in [0.15, 0.2) is 28.7 Å². The first-order chi connectivity index (χ1) is 12.2. The Morgan fingerprint density at radius 2 is 1.52 bits per heavy atom. The highest BCUT2D eigenvalue weighted by molar-refractivity contribution is 9.10. The molecule has 0 aromatic heterocycles. The second-order valence-corrected chi connectivity index (χ2v) is 8.53. The van der Waals surface area contributed by atoms with Crippen LogP contribution in [0.4, 0.5) is 0 Å². The minimum atomic E-state index is -0.434. The molecule has 0 bridgehead atoms. The van der Waals surface area contributed by atoms with E-state index in [0.717, 1.165) is 16.8 Å². The molecule has 2 saturated carbocycles. The number of nitrogens with zero attached hydrogens (tertiary/aromatic N) is 1. The number of benzene rings is 1. The highest BCUT2D eigenvalue weighted by Crippen LogP contribution is 2.30. The third kappa shape index (κ3) is 5.70. The first-order valence-corrected chi connectivity index (χ1v) is 10.8. The van der Waals surface area contributed by atoms with Crippen molar-refractivity contribution in [2.75, 3.05) is 13.2 Å². The minimum absolute atomic E-state index is 0.360. The largest absolute Gasteiger partial charge is 0.490 e. The van der Waals surface area contributed by atoms with Crippen molar-refractivity contribution in [3.05, 3.63) is 28.7 Å². The van der Waals surface area contributed by atoms with Gasteiger partial charge in [0.1, 0.15) is 18.5 Å². The van der Waals surface area contributed by atoms with Gasteiger partial charge in [0, 0.05) is 18.6 Å². The lowest BCUT2D eigenvalue weighted by Crippen LogP contribution is -2.49. The number of ether oxygens (including phenoxy) is 1. The Morgan fingerprint density at radius 1 is 0.960 bits per heavy atom. The Bertz CT molecular complexity index is 494. The maximum atomic E-state index is 10.7. The van der Waals surface area contributed by atoms with Gasteiger partial charge in [0.15, 0.2) is 0 Å². The summed E-state index contributed by atoms with van der Waals surface area (Å²) in [6, 6.07) is 9.17. The molecule has 0 saturated heterocycles. The summed E-state index contributed by atoms with van der Waals surface area (Å²) < 4.78 is 6.79. The van der Waals surface area contributed by atoms with Crippen molar-refractivity contribution >= 4 is 15.9 Å². The predicted molar refractivity (Wildman–Crippen MR) is 106 cm³/mol. The number of rotatable bonds is 7. The number of aliphatic hydroxyl groups is 1. The minimum Gasteiger partial charge on any atom is -0.490 e. The van der Waals surface area contributed by atoms with Gasteiger partial charge in [-0.25, -0.2) is 0 Å². The maximum Gasteiger partial charge on any atom is 0.133 e. The summed E-state index contributed by atoms with van der Waals surface area (Å²) in [6.07, 6.45) is 12.9. The zero-order valence-electron chi connectivity index (χ0n) is 15.2. The molecule has 1 N–H and O–H groups in total. The Kier molecular flexibility index (Phi) is 7.63. The van der Waals surface area contributed by atoms with Crippen molar-refractivity contribution in [1.82, 2.24) is 4.90 Å².